The van der Waals surface area contributed by atoms with Gasteiger partial charge in [0, 0.05) is 32.1 Å². The third-order valence-corrected chi connectivity index (χ3v) is 5.82. The average Bonchev–Trinajstić information content (AvgIpc) is 2.75. The standard InChI is InChI=1S/C23H31N3O2S/c1-5-26(6-2)16-19-13-11-18(12-14-19)15-24-23(28)20-9-7-8-10-21(20)29-17-22(27)25(3)4/h7-14H,5-6,15-17H2,1-4H3,(H,24,28). The lowest BCUT2D eigenvalue weighted by atomic mass is 10.1. The Labute approximate surface area is 178 Å². The second kappa shape index (κ2) is 11.6. The van der Waals surface area contributed by atoms with Gasteiger partial charge in [0.2, 0.25) is 5.91 Å². The number of nitrogens with zero attached hydrogens (tertiary/aromatic N) is 2. The monoisotopic (exact) mass is 413 g/mol. The maximum Gasteiger partial charge on any atom is 0.252 e. The van der Waals surface area contributed by atoms with Gasteiger partial charge in [0.05, 0.1) is 11.3 Å². The van der Waals surface area contributed by atoms with E-state index in [-0.39, 0.29) is 11.8 Å². The largest absolute Gasteiger partial charge is 0.348 e. The quantitative estimate of drug-likeness (QED) is 0.604. The predicted molar refractivity (Wildman–Crippen MR) is 120 cm³/mol. The maximum absolute atomic E-state index is 12.7. The van der Waals surface area contributed by atoms with Crippen molar-refractivity contribution in [1.82, 2.24) is 15.1 Å². The topological polar surface area (TPSA) is 52.7 Å². The normalized spacial score (nSPS) is 10.8. The van der Waals surface area contributed by atoms with E-state index in [0.29, 0.717) is 17.9 Å². The van der Waals surface area contributed by atoms with Crippen molar-refractivity contribution in [3.05, 3.63) is 65.2 Å². The first-order chi connectivity index (χ1) is 13.9. The summed E-state index contributed by atoms with van der Waals surface area (Å²) in [6.07, 6.45) is 0. The second-order valence-electron chi connectivity index (χ2n) is 7.03. The molecule has 156 valence electrons. The summed E-state index contributed by atoms with van der Waals surface area (Å²) in [7, 11) is 3.46. The molecule has 0 unspecified atom stereocenters. The van der Waals surface area contributed by atoms with Crippen LogP contribution in [0.5, 0.6) is 0 Å². The van der Waals surface area contributed by atoms with Crippen LogP contribution in [0.4, 0.5) is 0 Å². The lowest BCUT2D eigenvalue weighted by molar-refractivity contribution is -0.125. The molecule has 0 saturated carbocycles. The molecule has 0 saturated heterocycles. The van der Waals surface area contributed by atoms with E-state index in [9.17, 15) is 9.59 Å². The molecule has 0 aliphatic rings. The molecule has 0 bridgehead atoms. The summed E-state index contributed by atoms with van der Waals surface area (Å²) >= 11 is 1.39. The summed E-state index contributed by atoms with van der Waals surface area (Å²) in [5, 5.41) is 2.99. The SMILES string of the molecule is CCN(CC)Cc1ccc(CNC(=O)c2ccccc2SCC(=O)N(C)C)cc1. The summed E-state index contributed by atoms with van der Waals surface area (Å²) in [4.78, 5) is 29.3. The van der Waals surface area contributed by atoms with Crippen LogP contribution in [0.25, 0.3) is 0 Å². The molecule has 2 amide bonds. The molecule has 2 aromatic rings. The summed E-state index contributed by atoms with van der Waals surface area (Å²) < 4.78 is 0. The molecule has 29 heavy (non-hydrogen) atoms. The minimum absolute atomic E-state index is 0.0232. The summed E-state index contributed by atoms with van der Waals surface area (Å²) in [6.45, 7) is 7.81. The lowest BCUT2D eigenvalue weighted by Crippen LogP contribution is -2.25. The first-order valence-electron chi connectivity index (χ1n) is 9.94. The van der Waals surface area contributed by atoms with E-state index in [0.717, 1.165) is 30.1 Å². The van der Waals surface area contributed by atoms with Crippen LogP contribution in [0.1, 0.15) is 35.3 Å². The van der Waals surface area contributed by atoms with Crippen LogP contribution < -0.4 is 5.32 Å². The van der Waals surface area contributed by atoms with Crippen molar-refractivity contribution in [3.63, 3.8) is 0 Å². The van der Waals surface area contributed by atoms with E-state index < -0.39 is 0 Å². The molecule has 0 heterocycles. The maximum atomic E-state index is 12.7. The average molecular weight is 414 g/mol. The number of carbonyl (C=O) groups excluding carboxylic acids is 2. The van der Waals surface area contributed by atoms with Crippen LogP contribution in [0.15, 0.2) is 53.4 Å². The van der Waals surface area contributed by atoms with E-state index in [1.165, 1.54) is 17.3 Å². The van der Waals surface area contributed by atoms with Gasteiger partial charge in [-0.3, -0.25) is 14.5 Å². The zero-order chi connectivity index (χ0) is 21.2. The molecular formula is C23H31N3O2S. The zero-order valence-electron chi connectivity index (χ0n) is 17.8. The van der Waals surface area contributed by atoms with Gasteiger partial charge in [0.25, 0.3) is 5.91 Å². The molecule has 0 radical (unpaired) electrons. The molecule has 1 N–H and O–H groups in total. The Morgan fingerprint density at radius 1 is 0.931 bits per heavy atom. The van der Waals surface area contributed by atoms with Crippen LogP contribution >= 0.6 is 11.8 Å². The highest BCUT2D eigenvalue weighted by Crippen LogP contribution is 2.23. The Kier molecular flexibility index (Phi) is 9.22. The predicted octanol–water partition coefficient (Wildman–Crippen LogP) is 3.64. The van der Waals surface area contributed by atoms with Crippen molar-refractivity contribution in [1.29, 1.82) is 0 Å². The van der Waals surface area contributed by atoms with Gasteiger partial charge in [-0.2, -0.15) is 0 Å². The van der Waals surface area contributed by atoms with Gasteiger partial charge >= 0.3 is 0 Å². The second-order valence-corrected chi connectivity index (χ2v) is 8.05. The van der Waals surface area contributed by atoms with Crippen molar-refractivity contribution >= 4 is 23.6 Å². The van der Waals surface area contributed by atoms with Crippen molar-refractivity contribution in [2.24, 2.45) is 0 Å². The van der Waals surface area contributed by atoms with Crippen LogP contribution in [-0.2, 0) is 17.9 Å². The van der Waals surface area contributed by atoms with Gasteiger partial charge in [-0.25, -0.2) is 0 Å². The molecular weight excluding hydrogens is 382 g/mol. The number of rotatable bonds is 10. The number of amides is 2. The van der Waals surface area contributed by atoms with Crippen LogP contribution in [-0.4, -0.2) is 54.6 Å². The van der Waals surface area contributed by atoms with Crippen LogP contribution in [0.3, 0.4) is 0 Å². The Bertz CT molecular complexity index is 802. The Morgan fingerprint density at radius 2 is 1.55 bits per heavy atom. The molecule has 0 aliphatic carbocycles. The number of hydrogen-bond donors (Lipinski definition) is 1. The van der Waals surface area contributed by atoms with Gasteiger partial charge in [0.15, 0.2) is 0 Å². The minimum atomic E-state index is -0.127. The highest BCUT2D eigenvalue weighted by atomic mass is 32.2. The first kappa shape index (κ1) is 23.0. The van der Waals surface area contributed by atoms with E-state index in [1.54, 1.807) is 25.1 Å². The molecule has 0 atom stereocenters. The summed E-state index contributed by atoms with van der Waals surface area (Å²) in [6, 6.07) is 15.8. The van der Waals surface area contributed by atoms with Gasteiger partial charge in [-0.15, -0.1) is 11.8 Å². The van der Waals surface area contributed by atoms with Gasteiger partial charge < -0.3 is 10.2 Å². The van der Waals surface area contributed by atoms with Crippen molar-refractivity contribution in [2.45, 2.75) is 31.8 Å². The van der Waals surface area contributed by atoms with Gasteiger partial charge in [-0.05, 0) is 36.3 Å². The Morgan fingerprint density at radius 3 is 2.17 bits per heavy atom. The number of carbonyl (C=O) groups is 2. The minimum Gasteiger partial charge on any atom is -0.348 e. The van der Waals surface area contributed by atoms with E-state index in [2.05, 4.69) is 48.3 Å². The zero-order valence-corrected chi connectivity index (χ0v) is 18.6. The number of benzene rings is 2. The molecule has 0 spiro atoms. The molecule has 5 nitrogen and oxygen atoms in total. The smallest absolute Gasteiger partial charge is 0.252 e. The fraction of sp³-hybridized carbons (Fsp3) is 0.391. The molecule has 2 rings (SSSR count). The first-order valence-corrected chi connectivity index (χ1v) is 10.9. The van der Waals surface area contributed by atoms with Gasteiger partial charge in [0.1, 0.15) is 0 Å². The molecule has 2 aromatic carbocycles. The highest BCUT2D eigenvalue weighted by Gasteiger charge is 2.13. The Hall–Kier alpha value is -2.31. The highest BCUT2D eigenvalue weighted by molar-refractivity contribution is 8.00. The van der Waals surface area contributed by atoms with Crippen LogP contribution in [0.2, 0.25) is 0 Å². The van der Waals surface area contributed by atoms with Gasteiger partial charge in [-0.1, -0.05) is 50.2 Å². The number of nitrogens with one attached hydrogen (secondary N) is 1. The number of hydrogen-bond acceptors (Lipinski definition) is 4. The number of thioether (sulfide) groups is 1. The summed E-state index contributed by atoms with van der Waals surface area (Å²) in [5.41, 5.74) is 2.94. The van der Waals surface area contributed by atoms with Crippen molar-refractivity contribution in [3.8, 4) is 0 Å². The van der Waals surface area contributed by atoms with Crippen molar-refractivity contribution in [2.75, 3.05) is 32.9 Å². The van der Waals surface area contributed by atoms with E-state index >= 15 is 0 Å². The van der Waals surface area contributed by atoms with Crippen LogP contribution in [0, 0.1) is 0 Å². The molecule has 0 aliphatic heterocycles. The summed E-state index contributed by atoms with van der Waals surface area (Å²) in [5.74, 6) is 0.207. The van der Waals surface area contributed by atoms with Crippen molar-refractivity contribution < 1.29 is 9.59 Å². The Balaban J connectivity index is 1.94. The third-order valence-electron chi connectivity index (χ3n) is 4.76. The third kappa shape index (κ3) is 7.22. The fourth-order valence-electron chi connectivity index (χ4n) is 2.79. The molecule has 6 heteroatoms. The molecule has 0 aromatic heterocycles. The lowest BCUT2D eigenvalue weighted by Gasteiger charge is -2.18. The van der Waals surface area contributed by atoms with E-state index in [4.69, 9.17) is 0 Å². The fourth-order valence-corrected chi connectivity index (χ4v) is 3.82. The molecule has 0 fully saturated rings. The van der Waals surface area contributed by atoms with E-state index in [1.807, 2.05) is 18.2 Å².